The zero-order valence-electron chi connectivity index (χ0n) is 17.1. The van der Waals surface area contributed by atoms with E-state index in [9.17, 15) is 18.0 Å². The molecule has 1 aliphatic rings. The first-order chi connectivity index (χ1) is 15.3. The Balaban J connectivity index is 1.62. The number of rotatable bonds is 4. The molecule has 4 aromatic rings. The molecule has 1 atom stereocenters. The topological polar surface area (TPSA) is 51.9 Å². The van der Waals surface area contributed by atoms with Crippen molar-refractivity contribution in [1.29, 1.82) is 0 Å². The third-order valence-corrected chi connectivity index (χ3v) is 6.54. The number of fused-ring (bicyclic) bond motifs is 3. The zero-order chi connectivity index (χ0) is 22.5. The molecule has 2 aromatic heterocycles. The number of nitrogens with one attached hydrogen (secondary N) is 1. The van der Waals surface area contributed by atoms with E-state index in [4.69, 9.17) is 0 Å². The van der Waals surface area contributed by atoms with Crippen LogP contribution in [-0.4, -0.2) is 20.2 Å². The van der Waals surface area contributed by atoms with Gasteiger partial charge in [-0.2, -0.15) is 18.2 Å². The highest BCUT2D eigenvalue weighted by atomic mass is 32.2. The summed E-state index contributed by atoms with van der Waals surface area (Å²) < 4.78 is 42.7. The normalized spacial score (nSPS) is 15.7. The summed E-state index contributed by atoms with van der Waals surface area (Å²) in [5.41, 5.74) is 0.471. The van der Waals surface area contributed by atoms with Crippen molar-refractivity contribution in [2.75, 3.05) is 5.32 Å². The molecule has 0 fully saturated rings. The SMILES string of the molecule is CC1Cn2c(nc(=O)c3c(Sc4ccccc4)n(Cc4ccc(C(F)(F)F)cc4)cc32)N1. The van der Waals surface area contributed by atoms with Crippen molar-refractivity contribution >= 4 is 28.6 Å². The Morgan fingerprint density at radius 3 is 2.53 bits per heavy atom. The van der Waals surface area contributed by atoms with Crippen LogP contribution in [0, 0.1) is 0 Å². The molecule has 2 aromatic carbocycles. The number of anilines is 1. The summed E-state index contributed by atoms with van der Waals surface area (Å²) >= 11 is 1.45. The lowest BCUT2D eigenvalue weighted by atomic mass is 10.1. The van der Waals surface area contributed by atoms with Crippen LogP contribution in [0.3, 0.4) is 0 Å². The Morgan fingerprint density at radius 2 is 1.84 bits per heavy atom. The van der Waals surface area contributed by atoms with Crippen LogP contribution in [0.5, 0.6) is 0 Å². The monoisotopic (exact) mass is 456 g/mol. The summed E-state index contributed by atoms with van der Waals surface area (Å²) in [5.74, 6) is 0.540. The van der Waals surface area contributed by atoms with E-state index >= 15 is 0 Å². The third kappa shape index (κ3) is 3.77. The summed E-state index contributed by atoms with van der Waals surface area (Å²) in [7, 11) is 0. The quantitative estimate of drug-likeness (QED) is 0.457. The van der Waals surface area contributed by atoms with Crippen molar-refractivity contribution in [2.45, 2.75) is 42.2 Å². The van der Waals surface area contributed by atoms with E-state index in [0.29, 0.717) is 30.0 Å². The summed E-state index contributed by atoms with van der Waals surface area (Å²) in [6, 6.07) is 14.9. The third-order valence-electron chi connectivity index (χ3n) is 5.40. The van der Waals surface area contributed by atoms with Gasteiger partial charge in [-0.1, -0.05) is 42.1 Å². The summed E-state index contributed by atoms with van der Waals surface area (Å²) in [5, 5.41) is 4.45. The lowest BCUT2D eigenvalue weighted by molar-refractivity contribution is -0.137. The highest BCUT2D eigenvalue weighted by molar-refractivity contribution is 7.99. The molecule has 0 radical (unpaired) electrons. The van der Waals surface area contributed by atoms with Crippen molar-refractivity contribution in [2.24, 2.45) is 0 Å². The number of alkyl halides is 3. The Hall–Kier alpha value is -3.20. The van der Waals surface area contributed by atoms with E-state index in [1.54, 1.807) is 0 Å². The Bertz CT molecular complexity index is 1340. The van der Waals surface area contributed by atoms with E-state index in [-0.39, 0.29) is 11.6 Å². The van der Waals surface area contributed by atoms with Gasteiger partial charge in [0.15, 0.2) is 0 Å². The van der Waals surface area contributed by atoms with Gasteiger partial charge in [0, 0.05) is 30.2 Å². The van der Waals surface area contributed by atoms with Crippen molar-refractivity contribution < 1.29 is 13.2 Å². The fourth-order valence-electron chi connectivity index (χ4n) is 3.91. The van der Waals surface area contributed by atoms with Crippen LogP contribution >= 0.6 is 11.8 Å². The Labute approximate surface area is 185 Å². The molecule has 5 nitrogen and oxygen atoms in total. The highest BCUT2D eigenvalue weighted by Crippen LogP contribution is 2.36. The van der Waals surface area contributed by atoms with Gasteiger partial charge in [-0.05, 0) is 36.8 Å². The lowest BCUT2D eigenvalue weighted by Crippen LogP contribution is -2.12. The largest absolute Gasteiger partial charge is 0.416 e. The van der Waals surface area contributed by atoms with E-state index in [0.717, 1.165) is 27.6 Å². The molecule has 1 N–H and O–H groups in total. The standard InChI is InChI=1S/C23H19F3N4OS/c1-14-11-30-18-13-29(12-15-7-9-16(10-8-15)23(24,25)26)21(32-17-5-3-2-4-6-17)19(18)20(31)28-22(30)27-14/h2-10,13-14H,11-12H2,1H3,(H,27,28,31). The number of aromatic nitrogens is 3. The molecule has 5 rings (SSSR count). The lowest BCUT2D eigenvalue weighted by Gasteiger charge is -2.11. The van der Waals surface area contributed by atoms with Gasteiger partial charge < -0.3 is 14.5 Å². The zero-order valence-corrected chi connectivity index (χ0v) is 17.9. The van der Waals surface area contributed by atoms with Gasteiger partial charge in [0.05, 0.1) is 21.5 Å². The minimum atomic E-state index is -4.38. The maximum Gasteiger partial charge on any atom is 0.416 e. The van der Waals surface area contributed by atoms with Crippen LogP contribution in [-0.2, 0) is 19.3 Å². The maximum absolute atomic E-state index is 13.0. The number of nitrogens with zero attached hydrogens (tertiary/aromatic N) is 3. The molecule has 0 bridgehead atoms. The van der Waals surface area contributed by atoms with Gasteiger partial charge in [0.2, 0.25) is 5.95 Å². The Kier molecular flexibility index (Phi) is 5.00. The molecular weight excluding hydrogens is 437 g/mol. The second kappa shape index (κ2) is 7.74. The first-order valence-corrected chi connectivity index (χ1v) is 10.9. The molecule has 164 valence electrons. The van der Waals surface area contributed by atoms with E-state index in [1.807, 2.05) is 52.6 Å². The van der Waals surface area contributed by atoms with Crippen molar-refractivity contribution in [1.82, 2.24) is 14.1 Å². The van der Waals surface area contributed by atoms with Gasteiger partial charge in [-0.25, -0.2) is 0 Å². The molecule has 9 heteroatoms. The summed E-state index contributed by atoms with van der Waals surface area (Å²) in [4.78, 5) is 18.2. The molecule has 1 unspecified atom stereocenters. The Morgan fingerprint density at radius 1 is 1.12 bits per heavy atom. The van der Waals surface area contributed by atoms with Crippen LogP contribution in [0.15, 0.2) is 75.5 Å². The van der Waals surface area contributed by atoms with Crippen LogP contribution in [0.25, 0.3) is 10.9 Å². The average molecular weight is 456 g/mol. The minimum absolute atomic E-state index is 0.149. The van der Waals surface area contributed by atoms with Gasteiger partial charge in [0.1, 0.15) is 0 Å². The molecule has 0 spiro atoms. The van der Waals surface area contributed by atoms with Crippen molar-refractivity contribution in [3.05, 3.63) is 82.3 Å². The first-order valence-electron chi connectivity index (χ1n) is 10.1. The molecular formula is C23H19F3N4OS. The van der Waals surface area contributed by atoms with Crippen molar-refractivity contribution in [3.63, 3.8) is 0 Å². The highest BCUT2D eigenvalue weighted by Gasteiger charge is 2.30. The second-order valence-electron chi connectivity index (χ2n) is 7.83. The number of hydrogen-bond donors (Lipinski definition) is 1. The van der Waals surface area contributed by atoms with Crippen LogP contribution < -0.4 is 10.9 Å². The fraction of sp³-hybridized carbons (Fsp3) is 0.217. The van der Waals surface area contributed by atoms with Gasteiger partial charge in [-0.3, -0.25) is 4.79 Å². The van der Waals surface area contributed by atoms with Crippen LogP contribution in [0.1, 0.15) is 18.1 Å². The summed E-state index contributed by atoms with van der Waals surface area (Å²) in [6.07, 6.45) is -2.48. The molecule has 0 saturated heterocycles. The smallest absolute Gasteiger partial charge is 0.351 e. The van der Waals surface area contributed by atoms with E-state index in [1.165, 1.54) is 23.9 Å². The number of hydrogen-bond acceptors (Lipinski definition) is 4. The van der Waals surface area contributed by atoms with Crippen LogP contribution in [0.2, 0.25) is 0 Å². The molecule has 32 heavy (non-hydrogen) atoms. The fourth-order valence-corrected chi connectivity index (χ4v) is 4.96. The van der Waals surface area contributed by atoms with Gasteiger partial charge in [-0.15, -0.1) is 0 Å². The summed E-state index contributed by atoms with van der Waals surface area (Å²) in [6.45, 7) is 3.03. The average Bonchev–Trinajstić information content (AvgIpc) is 3.29. The van der Waals surface area contributed by atoms with E-state index < -0.39 is 11.7 Å². The maximum atomic E-state index is 13.0. The van der Waals surface area contributed by atoms with Gasteiger partial charge >= 0.3 is 6.18 Å². The predicted molar refractivity (Wildman–Crippen MR) is 118 cm³/mol. The van der Waals surface area contributed by atoms with Crippen molar-refractivity contribution in [3.8, 4) is 0 Å². The predicted octanol–water partition coefficient (Wildman–Crippen LogP) is 5.23. The second-order valence-corrected chi connectivity index (χ2v) is 8.89. The molecule has 1 aliphatic heterocycles. The number of halogens is 3. The molecule has 0 amide bonds. The molecule has 3 heterocycles. The molecule has 0 saturated carbocycles. The minimum Gasteiger partial charge on any atom is -0.351 e. The van der Waals surface area contributed by atoms with Gasteiger partial charge in [0.25, 0.3) is 5.56 Å². The van der Waals surface area contributed by atoms with Crippen LogP contribution in [0.4, 0.5) is 19.1 Å². The molecule has 0 aliphatic carbocycles. The first kappa shape index (κ1) is 20.7. The number of benzene rings is 2. The van der Waals surface area contributed by atoms with E-state index in [2.05, 4.69) is 10.3 Å².